The normalized spacial score (nSPS) is 19.7. The molecule has 1 heterocycles. The van der Waals surface area contributed by atoms with E-state index in [0.29, 0.717) is 18.9 Å². The Morgan fingerprint density at radius 3 is 2.81 bits per heavy atom. The van der Waals surface area contributed by atoms with E-state index in [0.717, 1.165) is 24.2 Å². The first-order chi connectivity index (χ1) is 12.3. The number of carbonyl (C=O) groups is 1. The molecule has 2 atom stereocenters. The molecule has 6 nitrogen and oxygen atoms in total. The molecule has 6 heteroatoms. The second kappa shape index (κ2) is 8.92. The molecular formula is C20H32N4O2. The smallest absolute Gasteiger partial charge is 0.221 e. The van der Waals surface area contributed by atoms with Gasteiger partial charge in [0, 0.05) is 38.0 Å². The third-order valence-electron chi connectivity index (χ3n) is 4.58. The molecular weight excluding hydrogens is 328 g/mol. The monoisotopic (exact) mass is 360 g/mol. The van der Waals surface area contributed by atoms with Crippen LogP contribution in [0.3, 0.4) is 0 Å². The predicted molar refractivity (Wildman–Crippen MR) is 106 cm³/mol. The van der Waals surface area contributed by atoms with Crippen molar-refractivity contribution < 1.29 is 9.53 Å². The van der Waals surface area contributed by atoms with E-state index < -0.39 is 0 Å². The molecule has 0 saturated carbocycles. The SMILES string of the molecule is CCC(C)NC(=O)CCNC(=NC)NC1CC(C)(C)Oc2ccccc21. The van der Waals surface area contributed by atoms with Crippen molar-refractivity contribution in [2.45, 2.75) is 64.6 Å². The molecule has 0 bridgehead atoms. The highest BCUT2D eigenvalue weighted by Gasteiger charge is 2.33. The van der Waals surface area contributed by atoms with E-state index >= 15 is 0 Å². The van der Waals surface area contributed by atoms with E-state index in [4.69, 9.17) is 4.74 Å². The van der Waals surface area contributed by atoms with Crippen LogP contribution in [0.1, 0.15) is 58.6 Å². The van der Waals surface area contributed by atoms with Crippen LogP contribution in [0.5, 0.6) is 5.75 Å². The average Bonchev–Trinajstić information content (AvgIpc) is 2.59. The van der Waals surface area contributed by atoms with E-state index in [1.165, 1.54) is 0 Å². The zero-order valence-corrected chi connectivity index (χ0v) is 16.6. The van der Waals surface area contributed by atoms with E-state index in [9.17, 15) is 4.79 Å². The average molecular weight is 361 g/mol. The molecule has 1 aromatic rings. The minimum atomic E-state index is -0.249. The Balaban J connectivity index is 1.93. The van der Waals surface area contributed by atoms with Crippen molar-refractivity contribution in [2.24, 2.45) is 4.99 Å². The maximum absolute atomic E-state index is 11.9. The van der Waals surface area contributed by atoms with Gasteiger partial charge < -0.3 is 20.7 Å². The molecule has 1 amide bonds. The Kier molecular flexibility index (Phi) is 6.89. The summed E-state index contributed by atoms with van der Waals surface area (Å²) in [6.45, 7) is 8.79. The van der Waals surface area contributed by atoms with Crippen LogP contribution in [0, 0.1) is 0 Å². The third-order valence-corrected chi connectivity index (χ3v) is 4.58. The number of rotatable bonds is 6. The summed E-state index contributed by atoms with van der Waals surface area (Å²) in [5.41, 5.74) is 0.880. The van der Waals surface area contributed by atoms with Crippen LogP contribution in [-0.2, 0) is 4.79 Å². The molecule has 0 aromatic heterocycles. The number of carbonyl (C=O) groups excluding carboxylic acids is 1. The van der Waals surface area contributed by atoms with Crippen molar-refractivity contribution in [3.8, 4) is 5.75 Å². The van der Waals surface area contributed by atoms with Crippen molar-refractivity contribution in [1.29, 1.82) is 0 Å². The largest absolute Gasteiger partial charge is 0.487 e. The van der Waals surface area contributed by atoms with Gasteiger partial charge in [0.15, 0.2) is 5.96 Å². The van der Waals surface area contributed by atoms with E-state index in [-0.39, 0.29) is 23.6 Å². The second-order valence-corrected chi connectivity index (χ2v) is 7.43. The Morgan fingerprint density at radius 1 is 1.38 bits per heavy atom. The zero-order chi connectivity index (χ0) is 19.2. The zero-order valence-electron chi connectivity index (χ0n) is 16.6. The van der Waals surface area contributed by atoms with Crippen LogP contribution >= 0.6 is 0 Å². The molecule has 0 radical (unpaired) electrons. The quantitative estimate of drug-likeness (QED) is 0.539. The third kappa shape index (κ3) is 5.64. The Labute approximate surface area is 156 Å². The summed E-state index contributed by atoms with van der Waals surface area (Å²) < 4.78 is 6.07. The van der Waals surface area contributed by atoms with E-state index in [1.807, 2.05) is 25.1 Å². The van der Waals surface area contributed by atoms with Gasteiger partial charge in [0.1, 0.15) is 11.4 Å². The van der Waals surface area contributed by atoms with Gasteiger partial charge in [0.2, 0.25) is 5.91 Å². The Bertz CT molecular complexity index is 642. The summed E-state index contributed by atoms with van der Waals surface area (Å²) in [5.74, 6) is 1.66. The van der Waals surface area contributed by atoms with E-state index in [2.05, 4.69) is 47.8 Å². The number of aliphatic imine (C=N–C) groups is 1. The molecule has 1 aliphatic heterocycles. The Morgan fingerprint density at radius 2 is 2.12 bits per heavy atom. The van der Waals surface area contributed by atoms with Crippen LogP contribution in [0.25, 0.3) is 0 Å². The number of hydrogen-bond acceptors (Lipinski definition) is 3. The van der Waals surface area contributed by atoms with Crippen LogP contribution in [0.4, 0.5) is 0 Å². The number of hydrogen-bond donors (Lipinski definition) is 3. The minimum Gasteiger partial charge on any atom is -0.487 e. The maximum atomic E-state index is 11.9. The minimum absolute atomic E-state index is 0.0554. The first-order valence-electron chi connectivity index (χ1n) is 9.39. The van der Waals surface area contributed by atoms with Gasteiger partial charge in [-0.2, -0.15) is 0 Å². The van der Waals surface area contributed by atoms with Gasteiger partial charge in [0.05, 0.1) is 6.04 Å². The van der Waals surface area contributed by atoms with Crippen molar-refractivity contribution >= 4 is 11.9 Å². The molecule has 2 unspecified atom stereocenters. The summed E-state index contributed by atoms with van der Waals surface area (Å²) in [6.07, 6.45) is 2.18. The first-order valence-corrected chi connectivity index (χ1v) is 9.39. The van der Waals surface area contributed by atoms with Crippen LogP contribution in [-0.4, -0.2) is 37.1 Å². The highest BCUT2D eigenvalue weighted by molar-refractivity contribution is 5.81. The number of fused-ring (bicyclic) bond motifs is 1. The number of benzene rings is 1. The van der Waals surface area contributed by atoms with E-state index in [1.54, 1.807) is 7.05 Å². The molecule has 1 aliphatic rings. The standard InChI is InChI=1S/C20H32N4O2/c1-6-14(2)23-18(25)11-12-22-19(21-5)24-16-13-20(3,4)26-17-10-8-7-9-15(16)17/h7-10,14,16H,6,11-13H2,1-5H3,(H,23,25)(H2,21,22,24). The fourth-order valence-electron chi connectivity index (χ4n) is 3.03. The molecule has 26 heavy (non-hydrogen) atoms. The molecule has 0 spiro atoms. The molecule has 0 fully saturated rings. The number of para-hydroxylation sites is 1. The predicted octanol–water partition coefficient (Wildman–Crippen LogP) is 2.76. The number of nitrogens with zero attached hydrogens (tertiary/aromatic N) is 1. The van der Waals surface area contributed by atoms with Gasteiger partial charge in [-0.1, -0.05) is 25.1 Å². The molecule has 2 rings (SSSR count). The summed E-state index contributed by atoms with van der Waals surface area (Å²) in [6, 6.07) is 8.40. The van der Waals surface area contributed by atoms with Gasteiger partial charge >= 0.3 is 0 Å². The Hall–Kier alpha value is -2.24. The van der Waals surface area contributed by atoms with Crippen molar-refractivity contribution in [3.63, 3.8) is 0 Å². The van der Waals surface area contributed by atoms with Gasteiger partial charge in [-0.05, 0) is 33.3 Å². The molecule has 1 aromatic carbocycles. The fraction of sp³-hybridized carbons (Fsp3) is 0.600. The molecule has 3 N–H and O–H groups in total. The van der Waals surface area contributed by atoms with Gasteiger partial charge in [-0.15, -0.1) is 0 Å². The van der Waals surface area contributed by atoms with Gasteiger partial charge in [0.25, 0.3) is 0 Å². The maximum Gasteiger partial charge on any atom is 0.221 e. The highest BCUT2D eigenvalue weighted by atomic mass is 16.5. The summed E-state index contributed by atoms with van der Waals surface area (Å²) in [5, 5.41) is 9.68. The second-order valence-electron chi connectivity index (χ2n) is 7.43. The molecule has 0 aliphatic carbocycles. The number of nitrogens with one attached hydrogen (secondary N) is 3. The van der Waals surface area contributed by atoms with Gasteiger partial charge in [-0.3, -0.25) is 9.79 Å². The van der Waals surface area contributed by atoms with Crippen LogP contribution in [0.15, 0.2) is 29.3 Å². The lowest BCUT2D eigenvalue weighted by Gasteiger charge is -2.38. The van der Waals surface area contributed by atoms with Crippen molar-refractivity contribution in [1.82, 2.24) is 16.0 Å². The molecule has 144 valence electrons. The van der Waals surface area contributed by atoms with Crippen LogP contribution < -0.4 is 20.7 Å². The van der Waals surface area contributed by atoms with Crippen molar-refractivity contribution in [3.05, 3.63) is 29.8 Å². The summed E-state index contributed by atoms with van der Waals surface area (Å²) in [4.78, 5) is 16.2. The lowest BCUT2D eigenvalue weighted by Crippen LogP contribution is -2.46. The van der Waals surface area contributed by atoms with Gasteiger partial charge in [-0.25, -0.2) is 0 Å². The molecule has 0 saturated heterocycles. The topological polar surface area (TPSA) is 74.8 Å². The first kappa shape index (κ1) is 20.1. The fourth-order valence-corrected chi connectivity index (χ4v) is 3.03. The van der Waals surface area contributed by atoms with Crippen LogP contribution in [0.2, 0.25) is 0 Å². The summed E-state index contributed by atoms with van der Waals surface area (Å²) in [7, 11) is 1.74. The lowest BCUT2D eigenvalue weighted by molar-refractivity contribution is -0.121. The highest BCUT2D eigenvalue weighted by Crippen LogP contribution is 2.39. The summed E-state index contributed by atoms with van der Waals surface area (Å²) >= 11 is 0. The number of ether oxygens (including phenoxy) is 1. The lowest BCUT2D eigenvalue weighted by atomic mass is 9.90. The van der Waals surface area contributed by atoms with Crippen molar-refractivity contribution in [2.75, 3.05) is 13.6 Å². The number of guanidine groups is 1. The number of amides is 1.